The van der Waals surface area contributed by atoms with Crippen LogP contribution in [0.2, 0.25) is 0 Å². The highest BCUT2D eigenvalue weighted by molar-refractivity contribution is 7.99. The Labute approximate surface area is 93.2 Å². The Hall–Kier alpha value is 0.100. The molecule has 0 aromatic carbocycles. The largest absolute Gasteiger partial charge is 0.389 e. The predicted molar refractivity (Wildman–Crippen MR) is 58.2 cm³/mol. The highest BCUT2D eigenvalue weighted by Gasteiger charge is 2.25. The molecule has 0 aromatic heterocycles. The molecule has 1 N–H and O–H groups in total. The van der Waals surface area contributed by atoms with Gasteiger partial charge in [-0.1, -0.05) is 0 Å². The second kappa shape index (κ2) is 6.63. The van der Waals surface area contributed by atoms with Gasteiger partial charge in [0.15, 0.2) is 0 Å². The minimum atomic E-state index is -4.00. The van der Waals surface area contributed by atoms with E-state index >= 15 is 0 Å². The molecule has 0 unspecified atom stereocenters. The molecule has 1 aliphatic rings. The van der Waals surface area contributed by atoms with Gasteiger partial charge in [-0.25, -0.2) is 0 Å². The van der Waals surface area contributed by atoms with E-state index in [4.69, 9.17) is 0 Å². The normalized spacial score (nSPS) is 19.4. The maximum absolute atomic E-state index is 11.8. The Morgan fingerprint density at radius 2 is 1.87 bits per heavy atom. The molecule has 0 aliphatic carbocycles. The van der Waals surface area contributed by atoms with Crippen molar-refractivity contribution < 1.29 is 13.2 Å². The Balaban J connectivity index is 1.92. The van der Waals surface area contributed by atoms with Crippen LogP contribution in [0.25, 0.3) is 0 Å². The van der Waals surface area contributed by atoms with Crippen molar-refractivity contribution in [3.8, 4) is 0 Å². The third-order valence-electron chi connectivity index (χ3n) is 2.59. The molecule has 1 heterocycles. The van der Waals surface area contributed by atoms with Gasteiger partial charge in [0.1, 0.15) is 0 Å². The van der Waals surface area contributed by atoms with Crippen LogP contribution in [0.15, 0.2) is 0 Å². The first-order valence-corrected chi connectivity index (χ1v) is 6.58. The van der Waals surface area contributed by atoms with Gasteiger partial charge in [0, 0.05) is 6.42 Å². The molecule has 0 amide bonds. The molecule has 0 saturated carbocycles. The molecule has 0 radical (unpaired) electrons. The SMILES string of the molecule is FC(F)(F)CCCNCC1CCSCC1. The molecule has 0 bridgehead atoms. The summed E-state index contributed by atoms with van der Waals surface area (Å²) >= 11 is 1.97. The van der Waals surface area contributed by atoms with Crippen molar-refractivity contribution >= 4 is 11.8 Å². The molecular formula is C10H18F3NS. The summed E-state index contributed by atoms with van der Waals surface area (Å²) in [6.07, 6.45) is -2.05. The molecular weight excluding hydrogens is 223 g/mol. The number of hydrogen-bond acceptors (Lipinski definition) is 2. The highest BCUT2D eigenvalue weighted by atomic mass is 32.2. The predicted octanol–water partition coefficient (Wildman–Crippen LogP) is 3.06. The van der Waals surface area contributed by atoms with Crippen LogP contribution in [-0.2, 0) is 0 Å². The number of rotatable bonds is 5. The fourth-order valence-corrected chi connectivity index (χ4v) is 2.87. The summed E-state index contributed by atoms with van der Waals surface area (Å²) in [5.41, 5.74) is 0. The molecule has 1 saturated heterocycles. The molecule has 1 rings (SSSR count). The van der Waals surface area contributed by atoms with E-state index in [1.807, 2.05) is 11.8 Å². The first-order chi connectivity index (χ1) is 7.08. The summed E-state index contributed by atoms with van der Waals surface area (Å²) in [4.78, 5) is 0. The molecule has 5 heteroatoms. The minimum Gasteiger partial charge on any atom is -0.316 e. The van der Waals surface area contributed by atoms with Crippen molar-refractivity contribution in [2.24, 2.45) is 5.92 Å². The van der Waals surface area contributed by atoms with Crippen LogP contribution in [-0.4, -0.2) is 30.8 Å². The maximum atomic E-state index is 11.8. The van der Waals surface area contributed by atoms with Gasteiger partial charge in [0.05, 0.1) is 0 Å². The zero-order valence-corrected chi connectivity index (χ0v) is 9.59. The van der Waals surface area contributed by atoms with E-state index in [0.717, 1.165) is 6.54 Å². The topological polar surface area (TPSA) is 12.0 Å². The summed E-state index contributed by atoms with van der Waals surface area (Å²) in [6.45, 7) is 1.38. The van der Waals surface area contributed by atoms with Crippen molar-refractivity contribution in [3.05, 3.63) is 0 Å². The van der Waals surface area contributed by atoms with Gasteiger partial charge in [0.2, 0.25) is 0 Å². The second-order valence-electron chi connectivity index (χ2n) is 3.98. The van der Waals surface area contributed by atoms with E-state index in [9.17, 15) is 13.2 Å². The van der Waals surface area contributed by atoms with Crippen LogP contribution in [0.1, 0.15) is 25.7 Å². The van der Waals surface area contributed by atoms with Gasteiger partial charge in [-0.2, -0.15) is 24.9 Å². The molecule has 0 atom stereocenters. The Morgan fingerprint density at radius 3 is 2.47 bits per heavy atom. The fourth-order valence-electron chi connectivity index (χ4n) is 1.67. The van der Waals surface area contributed by atoms with E-state index in [1.54, 1.807) is 0 Å². The first-order valence-electron chi connectivity index (χ1n) is 5.43. The van der Waals surface area contributed by atoms with Crippen molar-refractivity contribution in [2.75, 3.05) is 24.6 Å². The molecule has 0 spiro atoms. The average Bonchev–Trinajstić information content (AvgIpc) is 2.17. The smallest absolute Gasteiger partial charge is 0.316 e. The van der Waals surface area contributed by atoms with Gasteiger partial charge < -0.3 is 5.32 Å². The zero-order valence-electron chi connectivity index (χ0n) is 8.78. The van der Waals surface area contributed by atoms with Gasteiger partial charge in [-0.05, 0) is 49.8 Å². The minimum absolute atomic E-state index is 0.199. The van der Waals surface area contributed by atoms with Gasteiger partial charge in [0.25, 0.3) is 0 Å². The highest BCUT2D eigenvalue weighted by Crippen LogP contribution is 2.22. The Kier molecular flexibility index (Phi) is 5.82. The number of thioether (sulfide) groups is 1. The summed E-state index contributed by atoms with van der Waals surface area (Å²) in [7, 11) is 0. The monoisotopic (exact) mass is 241 g/mol. The molecule has 90 valence electrons. The third kappa shape index (κ3) is 7.06. The molecule has 1 nitrogen and oxygen atoms in total. The van der Waals surface area contributed by atoms with Gasteiger partial charge in [-0.3, -0.25) is 0 Å². The lowest BCUT2D eigenvalue weighted by Crippen LogP contribution is -2.27. The first kappa shape index (κ1) is 13.2. The van der Waals surface area contributed by atoms with Crippen molar-refractivity contribution in [3.63, 3.8) is 0 Å². The lowest BCUT2D eigenvalue weighted by molar-refractivity contribution is -0.135. The van der Waals surface area contributed by atoms with Crippen molar-refractivity contribution in [1.82, 2.24) is 5.32 Å². The third-order valence-corrected chi connectivity index (χ3v) is 3.64. The van der Waals surface area contributed by atoms with E-state index in [-0.39, 0.29) is 6.42 Å². The van der Waals surface area contributed by atoms with Crippen LogP contribution in [0, 0.1) is 5.92 Å². The van der Waals surface area contributed by atoms with Crippen molar-refractivity contribution in [1.29, 1.82) is 0 Å². The molecule has 1 fully saturated rings. The summed E-state index contributed by atoms with van der Waals surface area (Å²) in [5.74, 6) is 3.08. The van der Waals surface area contributed by atoms with Crippen LogP contribution < -0.4 is 5.32 Å². The van der Waals surface area contributed by atoms with Crippen LogP contribution in [0.3, 0.4) is 0 Å². The lowest BCUT2D eigenvalue weighted by Gasteiger charge is -2.21. The van der Waals surface area contributed by atoms with E-state index in [0.29, 0.717) is 12.5 Å². The quantitative estimate of drug-likeness (QED) is 0.742. The molecule has 0 aromatic rings. The standard InChI is InChI=1S/C10H18F3NS/c11-10(12,13)4-1-5-14-8-9-2-6-15-7-3-9/h9,14H,1-8H2. The Bertz CT molecular complexity index is 167. The van der Waals surface area contributed by atoms with Crippen LogP contribution >= 0.6 is 11.8 Å². The van der Waals surface area contributed by atoms with Gasteiger partial charge in [-0.15, -0.1) is 0 Å². The number of halogens is 3. The summed E-state index contributed by atoms with van der Waals surface area (Å²) in [6, 6.07) is 0. The van der Waals surface area contributed by atoms with Crippen molar-refractivity contribution in [2.45, 2.75) is 31.9 Å². The second-order valence-corrected chi connectivity index (χ2v) is 5.20. The summed E-state index contributed by atoms with van der Waals surface area (Å²) in [5, 5.41) is 3.12. The lowest BCUT2D eigenvalue weighted by atomic mass is 10.0. The van der Waals surface area contributed by atoms with E-state index in [2.05, 4.69) is 5.32 Å². The fraction of sp³-hybridized carbons (Fsp3) is 1.00. The van der Waals surface area contributed by atoms with E-state index < -0.39 is 12.6 Å². The number of hydrogen-bond donors (Lipinski definition) is 1. The Morgan fingerprint density at radius 1 is 1.20 bits per heavy atom. The molecule has 15 heavy (non-hydrogen) atoms. The van der Waals surface area contributed by atoms with Crippen LogP contribution in [0.4, 0.5) is 13.2 Å². The maximum Gasteiger partial charge on any atom is 0.389 e. The summed E-state index contributed by atoms with van der Waals surface area (Å²) < 4.78 is 35.4. The van der Waals surface area contributed by atoms with E-state index in [1.165, 1.54) is 24.3 Å². The number of alkyl halides is 3. The zero-order chi connectivity index (χ0) is 11.1. The molecule has 1 aliphatic heterocycles. The number of nitrogens with one attached hydrogen (secondary N) is 1. The van der Waals surface area contributed by atoms with Gasteiger partial charge >= 0.3 is 6.18 Å². The average molecular weight is 241 g/mol. The van der Waals surface area contributed by atoms with Crippen LogP contribution in [0.5, 0.6) is 0 Å².